The lowest BCUT2D eigenvalue weighted by atomic mass is 10.3. The van der Waals surface area contributed by atoms with E-state index in [0.717, 1.165) is 4.68 Å². The van der Waals surface area contributed by atoms with Crippen LogP contribution in [0.2, 0.25) is 5.02 Å². The molecule has 2 aromatic heterocycles. The molecule has 23 heavy (non-hydrogen) atoms. The molecule has 3 rings (SSSR count). The van der Waals surface area contributed by atoms with Crippen LogP contribution in [-0.2, 0) is 0 Å². The molecule has 0 saturated carbocycles. The molecule has 0 aliphatic carbocycles. The third-order valence-corrected chi connectivity index (χ3v) is 3.05. The second kappa shape index (κ2) is 6.32. The maximum atomic E-state index is 12.2. The van der Waals surface area contributed by atoms with E-state index in [1.165, 1.54) is 0 Å². The summed E-state index contributed by atoms with van der Waals surface area (Å²) in [5.41, 5.74) is 6.93. The van der Waals surface area contributed by atoms with Crippen molar-refractivity contribution in [2.45, 2.75) is 0 Å². The summed E-state index contributed by atoms with van der Waals surface area (Å²) in [4.78, 5) is 20.1. The lowest BCUT2D eigenvalue weighted by Gasteiger charge is -2.05. The number of hydrogen-bond donors (Lipinski definition) is 3. The molecule has 0 fully saturated rings. The molecule has 0 unspecified atom stereocenters. The van der Waals surface area contributed by atoms with Crippen molar-refractivity contribution in [3.63, 3.8) is 0 Å². The van der Waals surface area contributed by atoms with Crippen LogP contribution >= 0.6 is 11.6 Å². The zero-order chi connectivity index (χ0) is 16.2. The van der Waals surface area contributed by atoms with E-state index < -0.39 is 6.03 Å². The summed E-state index contributed by atoms with van der Waals surface area (Å²) in [6, 6.07) is 9.74. The lowest BCUT2D eigenvalue weighted by molar-refractivity contribution is 0.251. The Bertz CT molecular complexity index is 834. The molecule has 0 aliphatic rings. The van der Waals surface area contributed by atoms with Crippen LogP contribution in [-0.4, -0.2) is 25.8 Å². The highest BCUT2D eigenvalue weighted by molar-refractivity contribution is 6.30. The van der Waals surface area contributed by atoms with E-state index in [1.807, 2.05) is 0 Å². The highest BCUT2D eigenvalue weighted by Gasteiger charge is 2.14. The van der Waals surface area contributed by atoms with Crippen molar-refractivity contribution in [3.05, 3.63) is 53.8 Å². The quantitative estimate of drug-likeness (QED) is 0.681. The van der Waals surface area contributed by atoms with E-state index in [-0.39, 0.29) is 11.9 Å². The molecule has 4 N–H and O–H groups in total. The third kappa shape index (κ3) is 3.55. The van der Waals surface area contributed by atoms with Gasteiger partial charge in [0.1, 0.15) is 0 Å². The van der Waals surface area contributed by atoms with Crippen molar-refractivity contribution >= 4 is 40.9 Å². The van der Waals surface area contributed by atoms with E-state index in [9.17, 15) is 4.79 Å². The van der Waals surface area contributed by atoms with Gasteiger partial charge in [0, 0.05) is 16.9 Å². The molecule has 116 valence electrons. The number of carbonyl (C=O) groups is 1. The minimum atomic E-state index is -0.545. The third-order valence-electron chi connectivity index (χ3n) is 2.82. The van der Waals surface area contributed by atoms with Crippen LogP contribution < -0.4 is 16.4 Å². The normalized spacial score (nSPS) is 10.3. The molecule has 0 aliphatic heterocycles. The summed E-state index contributed by atoms with van der Waals surface area (Å²) in [6.07, 6.45) is 3.24. The standard InChI is InChI=1S/C14H12ClN7O/c15-9-3-1-4-10(7-9)19-14(23)22-12(16)20-13(21-22)18-11-5-2-6-17-8-11/h1-8H,(H,19,23)(H3,16,18,20,21). The zero-order valence-corrected chi connectivity index (χ0v) is 12.5. The maximum Gasteiger partial charge on any atom is 0.349 e. The number of nitrogens with zero attached hydrogens (tertiary/aromatic N) is 4. The Labute approximate surface area is 136 Å². The first kappa shape index (κ1) is 14.8. The fourth-order valence-corrected chi connectivity index (χ4v) is 2.03. The highest BCUT2D eigenvalue weighted by atomic mass is 35.5. The van der Waals surface area contributed by atoms with Crippen LogP contribution in [0.4, 0.5) is 28.1 Å². The first-order valence-electron chi connectivity index (χ1n) is 6.58. The first-order chi connectivity index (χ1) is 11.1. The molecule has 1 amide bonds. The van der Waals surface area contributed by atoms with Crippen molar-refractivity contribution < 1.29 is 4.79 Å². The van der Waals surface area contributed by atoms with Crippen LogP contribution in [0, 0.1) is 0 Å². The molecule has 0 atom stereocenters. The van der Waals surface area contributed by atoms with E-state index in [1.54, 1.807) is 48.8 Å². The average molecular weight is 330 g/mol. The summed E-state index contributed by atoms with van der Waals surface area (Å²) < 4.78 is 0.958. The zero-order valence-electron chi connectivity index (χ0n) is 11.8. The number of rotatable bonds is 3. The van der Waals surface area contributed by atoms with Crippen molar-refractivity contribution in [2.24, 2.45) is 0 Å². The Morgan fingerprint density at radius 1 is 1.22 bits per heavy atom. The Balaban J connectivity index is 1.76. The minimum Gasteiger partial charge on any atom is -0.368 e. The van der Waals surface area contributed by atoms with Crippen LogP contribution in [0.25, 0.3) is 0 Å². The van der Waals surface area contributed by atoms with Gasteiger partial charge in [-0.2, -0.15) is 4.98 Å². The number of benzene rings is 1. The summed E-state index contributed by atoms with van der Waals surface area (Å²) in [7, 11) is 0. The average Bonchev–Trinajstić information content (AvgIpc) is 2.89. The molecule has 1 aromatic carbocycles. The predicted molar refractivity (Wildman–Crippen MR) is 87.8 cm³/mol. The molecule has 0 bridgehead atoms. The number of hydrogen-bond acceptors (Lipinski definition) is 6. The van der Waals surface area contributed by atoms with Gasteiger partial charge < -0.3 is 16.4 Å². The van der Waals surface area contributed by atoms with Crippen LogP contribution in [0.3, 0.4) is 0 Å². The number of halogens is 1. The van der Waals surface area contributed by atoms with Gasteiger partial charge in [-0.05, 0) is 30.3 Å². The second-order valence-electron chi connectivity index (χ2n) is 4.51. The van der Waals surface area contributed by atoms with E-state index in [0.29, 0.717) is 16.4 Å². The summed E-state index contributed by atoms with van der Waals surface area (Å²) in [5, 5.41) is 10.1. The summed E-state index contributed by atoms with van der Waals surface area (Å²) in [5.74, 6) is 0.146. The van der Waals surface area contributed by atoms with Crippen molar-refractivity contribution in [3.8, 4) is 0 Å². The molecule has 2 heterocycles. The number of pyridine rings is 1. The van der Waals surface area contributed by atoms with Gasteiger partial charge in [-0.15, -0.1) is 9.78 Å². The fourth-order valence-electron chi connectivity index (χ4n) is 1.84. The van der Waals surface area contributed by atoms with Gasteiger partial charge in [0.15, 0.2) is 0 Å². The number of aromatic nitrogens is 4. The van der Waals surface area contributed by atoms with Gasteiger partial charge in [0.2, 0.25) is 11.9 Å². The molecule has 8 nitrogen and oxygen atoms in total. The van der Waals surface area contributed by atoms with E-state index in [4.69, 9.17) is 17.3 Å². The molecule has 0 radical (unpaired) electrons. The van der Waals surface area contributed by atoms with Crippen molar-refractivity contribution in [2.75, 3.05) is 16.4 Å². The van der Waals surface area contributed by atoms with Gasteiger partial charge in [0.05, 0.1) is 11.9 Å². The van der Waals surface area contributed by atoms with Crippen molar-refractivity contribution in [1.29, 1.82) is 0 Å². The largest absolute Gasteiger partial charge is 0.368 e. The van der Waals surface area contributed by atoms with Gasteiger partial charge in [-0.3, -0.25) is 4.98 Å². The van der Waals surface area contributed by atoms with Crippen LogP contribution in [0.5, 0.6) is 0 Å². The molecule has 0 saturated heterocycles. The van der Waals surface area contributed by atoms with Gasteiger partial charge in [-0.1, -0.05) is 17.7 Å². The topological polar surface area (TPSA) is 111 Å². The molecule has 0 spiro atoms. The Morgan fingerprint density at radius 3 is 2.78 bits per heavy atom. The summed E-state index contributed by atoms with van der Waals surface area (Å²) >= 11 is 5.87. The smallest absolute Gasteiger partial charge is 0.349 e. The molecular formula is C14H12ClN7O. The maximum absolute atomic E-state index is 12.2. The van der Waals surface area contributed by atoms with Crippen molar-refractivity contribution in [1.82, 2.24) is 19.7 Å². The van der Waals surface area contributed by atoms with E-state index >= 15 is 0 Å². The van der Waals surface area contributed by atoms with E-state index in [2.05, 4.69) is 25.7 Å². The lowest BCUT2D eigenvalue weighted by Crippen LogP contribution is -2.22. The Morgan fingerprint density at radius 2 is 2.04 bits per heavy atom. The summed E-state index contributed by atoms with van der Waals surface area (Å²) in [6.45, 7) is 0. The SMILES string of the molecule is Nc1nc(Nc2cccnc2)nn1C(=O)Nc1cccc(Cl)c1. The first-order valence-corrected chi connectivity index (χ1v) is 6.96. The molecule has 3 aromatic rings. The number of nitrogens with two attached hydrogens (primary N) is 1. The van der Waals surface area contributed by atoms with Crippen LogP contribution in [0.15, 0.2) is 48.8 Å². The van der Waals surface area contributed by atoms with Gasteiger partial charge in [0.25, 0.3) is 0 Å². The molecular weight excluding hydrogens is 318 g/mol. The van der Waals surface area contributed by atoms with Gasteiger partial charge >= 0.3 is 6.03 Å². The number of nitrogens with one attached hydrogen (secondary N) is 2. The fraction of sp³-hybridized carbons (Fsp3) is 0. The number of anilines is 4. The highest BCUT2D eigenvalue weighted by Crippen LogP contribution is 2.16. The molecule has 9 heteroatoms. The minimum absolute atomic E-state index is 0.0454. The number of nitrogen functional groups attached to an aromatic ring is 1. The second-order valence-corrected chi connectivity index (χ2v) is 4.95. The predicted octanol–water partition coefficient (Wildman–Crippen LogP) is 2.73. The Kier molecular flexibility index (Phi) is 4.07. The van der Waals surface area contributed by atoms with Crippen LogP contribution in [0.1, 0.15) is 0 Å². The number of carbonyl (C=O) groups excluding carboxylic acids is 1. The monoisotopic (exact) mass is 329 g/mol. The number of amides is 1. The van der Waals surface area contributed by atoms with Gasteiger partial charge in [-0.25, -0.2) is 4.79 Å². The Hall–Kier alpha value is -3.13.